The quantitative estimate of drug-likeness (QED) is 0.454. The highest BCUT2D eigenvalue weighted by atomic mass is 32.1. The maximum absolute atomic E-state index is 13.1. The standard InChI is InChI=1S/C22H22FN5O3S/c23-16-8-6-15(7-9-16)12-26-17(29)13-28(11-10-14-4-2-1-3-5-14)22(31)20-18(24)19(21(25)30)27-32-20/h1-9H,10-13,24H2,(H2,25,30)(H,26,29). The Morgan fingerprint density at radius 3 is 2.34 bits per heavy atom. The first-order chi connectivity index (χ1) is 15.3. The summed E-state index contributed by atoms with van der Waals surface area (Å²) in [6, 6.07) is 15.2. The highest BCUT2D eigenvalue weighted by Gasteiger charge is 2.26. The molecule has 0 saturated heterocycles. The van der Waals surface area contributed by atoms with Gasteiger partial charge in [0.25, 0.3) is 11.8 Å². The first-order valence-corrected chi connectivity index (χ1v) is 10.5. The molecule has 3 rings (SSSR count). The third-order valence-electron chi connectivity index (χ3n) is 4.69. The molecule has 0 spiro atoms. The van der Waals surface area contributed by atoms with Gasteiger partial charge in [-0.25, -0.2) is 4.39 Å². The Morgan fingerprint density at radius 2 is 1.72 bits per heavy atom. The van der Waals surface area contributed by atoms with Crippen LogP contribution >= 0.6 is 11.5 Å². The number of carbonyl (C=O) groups is 3. The van der Waals surface area contributed by atoms with Crippen molar-refractivity contribution in [2.75, 3.05) is 18.8 Å². The van der Waals surface area contributed by atoms with Crippen LogP contribution in [0.5, 0.6) is 0 Å². The summed E-state index contributed by atoms with van der Waals surface area (Å²) < 4.78 is 16.9. The molecule has 32 heavy (non-hydrogen) atoms. The molecule has 166 valence electrons. The molecule has 0 unspecified atom stereocenters. The van der Waals surface area contributed by atoms with Crippen molar-refractivity contribution in [2.45, 2.75) is 13.0 Å². The van der Waals surface area contributed by atoms with Gasteiger partial charge in [-0.1, -0.05) is 42.5 Å². The Labute approximate surface area is 188 Å². The Balaban J connectivity index is 1.72. The van der Waals surface area contributed by atoms with Crippen LogP contribution in [0.2, 0.25) is 0 Å². The van der Waals surface area contributed by atoms with Crippen molar-refractivity contribution >= 4 is 34.9 Å². The predicted molar refractivity (Wildman–Crippen MR) is 119 cm³/mol. The fraction of sp³-hybridized carbons (Fsp3) is 0.182. The maximum Gasteiger partial charge on any atom is 0.270 e. The van der Waals surface area contributed by atoms with E-state index in [-0.39, 0.29) is 41.7 Å². The number of primary amides is 1. The van der Waals surface area contributed by atoms with E-state index in [1.807, 2.05) is 30.3 Å². The topological polar surface area (TPSA) is 131 Å². The van der Waals surface area contributed by atoms with Gasteiger partial charge < -0.3 is 21.7 Å². The minimum absolute atomic E-state index is 0.0539. The number of nitrogens with one attached hydrogen (secondary N) is 1. The molecule has 3 aromatic rings. The van der Waals surface area contributed by atoms with Gasteiger partial charge in [-0.3, -0.25) is 14.4 Å². The van der Waals surface area contributed by atoms with E-state index in [4.69, 9.17) is 11.5 Å². The van der Waals surface area contributed by atoms with Gasteiger partial charge in [-0.2, -0.15) is 4.37 Å². The summed E-state index contributed by atoms with van der Waals surface area (Å²) in [5.74, 6) is -2.10. The third-order valence-corrected chi connectivity index (χ3v) is 5.54. The zero-order valence-corrected chi connectivity index (χ0v) is 17.9. The highest BCUT2D eigenvalue weighted by Crippen LogP contribution is 2.23. The molecule has 0 aliphatic carbocycles. The van der Waals surface area contributed by atoms with Gasteiger partial charge in [0.2, 0.25) is 5.91 Å². The van der Waals surface area contributed by atoms with Crippen LogP contribution in [-0.4, -0.2) is 40.1 Å². The largest absolute Gasteiger partial charge is 0.395 e. The summed E-state index contributed by atoms with van der Waals surface area (Å²) in [5, 5.41) is 2.72. The molecular formula is C22H22FN5O3S. The Morgan fingerprint density at radius 1 is 1.03 bits per heavy atom. The van der Waals surface area contributed by atoms with Gasteiger partial charge in [0.05, 0.1) is 12.2 Å². The number of halogens is 1. The summed E-state index contributed by atoms with van der Waals surface area (Å²) in [6.07, 6.45) is 0.513. The number of benzene rings is 2. The molecule has 2 aromatic carbocycles. The zero-order chi connectivity index (χ0) is 23.1. The molecule has 0 aliphatic heterocycles. The molecule has 0 saturated carbocycles. The molecule has 5 N–H and O–H groups in total. The number of carbonyl (C=O) groups excluding carboxylic acids is 3. The number of rotatable bonds is 9. The second-order valence-corrected chi connectivity index (χ2v) is 7.78. The maximum atomic E-state index is 13.1. The number of hydrogen-bond donors (Lipinski definition) is 3. The first kappa shape index (κ1) is 22.9. The van der Waals surface area contributed by atoms with Gasteiger partial charge in [-0.15, -0.1) is 0 Å². The van der Waals surface area contributed by atoms with E-state index >= 15 is 0 Å². The van der Waals surface area contributed by atoms with Crippen molar-refractivity contribution in [2.24, 2.45) is 5.73 Å². The molecule has 1 heterocycles. The number of anilines is 1. The van der Waals surface area contributed by atoms with Crippen LogP contribution in [0.15, 0.2) is 54.6 Å². The van der Waals surface area contributed by atoms with E-state index in [1.54, 1.807) is 12.1 Å². The van der Waals surface area contributed by atoms with Crippen LogP contribution in [0.3, 0.4) is 0 Å². The zero-order valence-electron chi connectivity index (χ0n) is 17.1. The van der Waals surface area contributed by atoms with E-state index in [1.165, 1.54) is 17.0 Å². The molecule has 10 heteroatoms. The lowest BCUT2D eigenvalue weighted by atomic mass is 10.1. The van der Waals surface area contributed by atoms with Crippen molar-refractivity contribution < 1.29 is 18.8 Å². The van der Waals surface area contributed by atoms with Crippen molar-refractivity contribution in [1.82, 2.24) is 14.6 Å². The van der Waals surface area contributed by atoms with Gasteiger partial charge in [0.15, 0.2) is 5.69 Å². The van der Waals surface area contributed by atoms with Crippen LogP contribution in [0.4, 0.5) is 10.1 Å². The molecule has 3 amide bonds. The molecule has 0 aliphatic rings. The fourth-order valence-electron chi connectivity index (χ4n) is 2.97. The van der Waals surface area contributed by atoms with Crippen LogP contribution in [0.1, 0.15) is 31.3 Å². The van der Waals surface area contributed by atoms with Crippen LogP contribution in [0.25, 0.3) is 0 Å². The monoisotopic (exact) mass is 455 g/mol. The predicted octanol–water partition coefficient (Wildman–Crippen LogP) is 1.96. The lowest BCUT2D eigenvalue weighted by Gasteiger charge is -2.22. The average molecular weight is 456 g/mol. The number of nitrogens with two attached hydrogens (primary N) is 2. The normalized spacial score (nSPS) is 10.5. The van der Waals surface area contributed by atoms with E-state index < -0.39 is 17.7 Å². The minimum atomic E-state index is -0.828. The van der Waals surface area contributed by atoms with Gasteiger partial charge >= 0.3 is 0 Å². The number of amides is 3. The van der Waals surface area contributed by atoms with Crippen molar-refractivity contribution in [1.29, 1.82) is 0 Å². The lowest BCUT2D eigenvalue weighted by Crippen LogP contribution is -2.41. The van der Waals surface area contributed by atoms with E-state index in [9.17, 15) is 18.8 Å². The molecular weight excluding hydrogens is 433 g/mol. The van der Waals surface area contributed by atoms with Gasteiger partial charge in [0.1, 0.15) is 10.7 Å². The molecule has 8 nitrogen and oxygen atoms in total. The summed E-state index contributed by atoms with van der Waals surface area (Å²) in [4.78, 5) is 38.5. The molecule has 0 bridgehead atoms. The van der Waals surface area contributed by atoms with Crippen molar-refractivity contribution in [3.63, 3.8) is 0 Å². The smallest absolute Gasteiger partial charge is 0.270 e. The number of hydrogen-bond acceptors (Lipinski definition) is 6. The molecule has 0 atom stereocenters. The minimum Gasteiger partial charge on any atom is -0.395 e. The van der Waals surface area contributed by atoms with Gasteiger partial charge in [-0.05, 0) is 41.2 Å². The van der Waals surface area contributed by atoms with Crippen LogP contribution < -0.4 is 16.8 Å². The number of aromatic nitrogens is 1. The number of nitrogens with zero attached hydrogens (tertiary/aromatic N) is 2. The molecule has 0 fully saturated rings. The summed E-state index contributed by atoms with van der Waals surface area (Å²) in [5.41, 5.74) is 12.6. The second-order valence-electron chi connectivity index (χ2n) is 7.00. The van der Waals surface area contributed by atoms with Gasteiger partial charge in [0, 0.05) is 13.1 Å². The van der Waals surface area contributed by atoms with Crippen LogP contribution in [0, 0.1) is 5.82 Å². The fourth-order valence-corrected chi connectivity index (χ4v) is 3.74. The van der Waals surface area contributed by atoms with E-state index in [2.05, 4.69) is 9.69 Å². The van der Waals surface area contributed by atoms with Crippen molar-refractivity contribution in [3.8, 4) is 0 Å². The SMILES string of the molecule is NC(=O)c1nsc(C(=O)N(CCc2ccccc2)CC(=O)NCc2ccc(F)cc2)c1N. The highest BCUT2D eigenvalue weighted by molar-refractivity contribution is 7.09. The summed E-state index contributed by atoms with van der Waals surface area (Å²) in [6.45, 7) is 0.209. The third kappa shape index (κ3) is 5.88. The van der Waals surface area contributed by atoms with Crippen molar-refractivity contribution in [3.05, 3.63) is 82.1 Å². The van der Waals surface area contributed by atoms with Crippen LogP contribution in [-0.2, 0) is 17.8 Å². The Hall–Kier alpha value is -3.79. The first-order valence-electron chi connectivity index (χ1n) is 9.74. The Kier molecular flexibility index (Phi) is 7.50. The summed E-state index contributed by atoms with van der Waals surface area (Å²) >= 11 is 0.767. The van der Waals surface area contributed by atoms with E-state index in [0.717, 1.165) is 22.7 Å². The lowest BCUT2D eigenvalue weighted by molar-refractivity contribution is -0.122. The summed E-state index contributed by atoms with van der Waals surface area (Å²) in [7, 11) is 0. The number of nitrogen functional groups attached to an aromatic ring is 1. The average Bonchev–Trinajstić information content (AvgIpc) is 3.18. The molecule has 1 aromatic heterocycles. The van der Waals surface area contributed by atoms with E-state index in [0.29, 0.717) is 6.42 Å². The Bertz CT molecular complexity index is 1100. The second kappa shape index (κ2) is 10.5. The molecule has 0 radical (unpaired) electrons.